The molecule has 0 aliphatic carbocycles. The summed E-state index contributed by atoms with van der Waals surface area (Å²) in [7, 11) is 3.12. The molecule has 1 aliphatic heterocycles. The van der Waals surface area contributed by atoms with Gasteiger partial charge in [-0.2, -0.15) is 0 Å². The molecule has 6 nitrogen and oxygen atoms in total. The Morgan fingerprint density at radius 2 is 1.89 bits per heavy atom. The molecule has 1 fully saturated rings. The minimum Gasteiger partial charge on any atom is -0.469 e. The Balaban J connectivity index is 2.66. The largest absolute Gasteiger partial charge is 0.469 e. The fraction of sp³-hybridized carbons (Fsp3) is 0.833. The number of hydrogen-bond acceptors (Lipinski definition) is 5. The van der Waals surface area contributed by atoms with E-state index in [2.05, 4.69) is 5.32 Å². The molecule has 6 heteroatoms. The number of methoxy groups -OCH3 is 1. The quantitative estimate of drug-likeness (QED) is 0.735. The molecule has 1 rings (SSSR count). The number of carbonyl (C=O) groups is 2. The molecule has 2 atom stereocenters. The van der Waals surface area contributed by atoms with Gasteiger partial charge in [-0.25, -0.2) is 4.79 Å². The lowest BCUT2D eigenvalue weighted by Gasteiger charge is -2.24. The molecule has 0 spiro atoms. The van der Waals surface area contributed by atoms with Gasteiger partial charge in [0.25, 0.3) is 0 Å². The third kappa shape index (κ3) is 3.60. The predicted octanol–water partition coefficient (Wildman–Crippen LogP) is 0.614. The van der Waals surface area contributed by atoms with Crippen molar-refractivity contribution in [2.75, 3.05) is 27.2 Å². The molecule has 0 aromatic heterocycles. The zero-order chi connectivity index (χ0) is 13.9. The van der Waals surface area contributed by atoms with Gasteiger partial charge in [0.15, 0.2) is 0 Å². The molecule has 1 saturated heterocycles. The van der Waals surface area contributed by atoms with Crippen LogP contribution >= 0.6 is 0 Å². The van der Waals surface area contributed by atoms with E-state index >= 15 is 0 Å². The van der Waals surface area contributed by atoms with Crippen molar-refractivity contribution in [3.8, 4) is 0 Å². The summed E-state index contributed by atoms with van der Waals surface area (Å²) in [6.45, 7) is 6.22. The molecule has 0 aromatic rings. The SMILES string of the molecule is CNC1CN(C(=O)OC(C)(C)C)CC1C(=O)OC. The molecule has 0 aromatic carbocycles. The van der Waals surface area contributed by atoms with E-state index in [0.717, 1.165) is 0 Å². The minimum absolute atomic E-state index is 0.0926. The maximum Gasteiger partial charge on any atom is 0.410 e. The van der Waals surface area contributed by atoms with Crippen LogP contribution in [0.2, 0.25) is 0 Å². The van der Waals surface area contributed by atoms with Gasteiger partial charge < -0.3 is 19.7 Å². The van der Waals surface area contributed by atoms with Gasteiger partial charge in [-0.1, -0.05) is 0 Å². The Labute approximate surface area is 108 Å². The van der Waals surface area contributed by atoms with Gasteiger partial charge in [0.05, 0.1) is 13.0 Å². The Morgan fingerprint density at radius 3 is 2.33 bits per heavy atom. The number of hydrogen-bond donors (Lipinski definition) is 1. The smallest absolute Gasteiger partial charge is 0.410 e. The topological polar surface area (TPSA) is 67.9 Å². The number of rotatable bonds is 2. The van der Waals surface area contributed by atoms with Gasteiger partial charge in [-0.05, 0) is 27.8 Å². The Hall–Kier alpha value is -1.30. The van der Waals surface area contributed by atoms with Crippen LogP contribution in [-0.4, -0.2) is 55.9 Å². The van der Waals surface area contributed by atoms with E-state index in [0.29, 0.717) is 13.1 Å². The number of ether oxygens (including phenoxy) is 2. The first-order chi connectivity index (χ1) is 8.28. The van der Waals surface area contributed by atoms with E-state index in [9.17, 15) is 9.59 Å². The summed E-state index contributed by atoms with van der Waals surface area (Å²) in [6.07, 6.45) is -0.394. The zero-order valence-electron chi connectivity index (χ0n) is 11.6. The molecule has 1 amide bonds. The van der Waals surface area contributed by atoms with E-state index in [-0.39, 0.29) is 17.9 Å². The van der Waals surface area contributed by atoms with Crippen LogP contribution in [0.5, 0.6) is 0 Å². The second kappa shape index (κ2) is 5.56. The van der Waals surface area contributed by atoms with Crippen LogP contribution in [0.25, 0.3) is 0 Å². The van der Waals surface area contributed by atoms with Crippen LogP contribution in [0.1, 0.15) is 20.8 Å². The van der Waals surface area contributed by atoms with Crippen LogP contribution in [0, 0.1) is 5.92 Å². The van der Waals surface area contributed by atoms with E-state index in [1.54, 1.807) is 7.05 Å². The van der Waals surface area contributed by atoms with E-state index in [4.69, 9.17) is 9.47 Å². The van der Waals surface area contributed by atoms with Gasteiger partial charge in [0.1, 0.15) is 5.60 Å². The number of likely N-dealkylation sites (N-methyl/N-ethyl adjacent to an activating group) is 1. The van der Waals surface area contributed by atoms with Crippen molar-refractivity contribution in [3.63, 3.8) is 0 Å². The van der Waals surface area contributed by atoms with Crippen molar-refractivity contribution in [2.45, 2.75) is 32.4 Å². The Bertz CT molecular complexity index is 325. The van der Waals surface area contributed by atoms with Crippen molar-refractivity contribution in [3.05, 3.63) is 0 Å². The lowest BCUT2D eigenvalue weighted by Crippen LogP contribution is -2.38. The van der Waals surface area contributed by atoms with E-state index < -0.39 is 11.7 Å². The monoisotopic (exact) mass is 258 g/mol. The number of amides is 1. The summed E-state index contributed by atoms with van der Waals surface area (Å²) in [5.41, 5.74) is -0.532. The van der Waals surface area contributed by atoms with Gasteiger partial charge >= 0.3 is 12.1 Å². The van der Waals surface area contributed by atoms with Crippen LogP contribution in [0.3, 0.4) is 0 Å². The van der Waals surface area contributed by atoms with E-state index in [1.807, 2.05) is 20.8 Å². The second-order valence-electron chi connectivity index (χ2n) is 5.41. The minimum atomic E-state index is -0.532. The maximum absolute atomic E-state index is 11.9. The van der Waals surface area contributed by atoms with Gasteiger partial charge in [-0.3, -0.25) is 4.79 Å². The van der Waals surface area contributed by atoms with Crippen LogP contribution in [-0.2, 0) is 14.3 Å². The fourth-order valence-electron chi connectivity index (χ4n) is 1.96. The third-order valence-electron chi connectivity index (χ3n) is 2.85. The summed E-state index contributed by atoms with van der Waals surface area (Å²) in [6, 6.07) is -0.0926. The van der Waals surface area contributed by atoms with Crippen LogP contribution in [0.4, 0.5) is 4.79 Å². The molecule has 18 heavy (non-hydrogen) atoms. The normalized spacial score (nSPS) is 23.9. The summed E-state index contributed by atoms with van der Waals surface area (Å²) >= 11 is 0. The number of likely N-dealkylation sites (tertiary alicyclic amines) is 1. The summed E-state index contributed by atoms with van der Waals surface area (Å²) in [4.78, 5) is 25.0. The predicted molar refractivity (Wildman–Crippen MR) is 66.2 cm³/mol. The average molecular weight is 258 g/mol. The molecular weight excluding hydrogens is 236 g/mol. The molecule has 104 valence electrons. The molecule has 0 radical (unpaired) electrons. The second-order valence-corrected chi connectivity index (χ2v) is 5.41. The molecular formula is C12H22N2O4. The first-order valence-electron chi connectivity index (χ1n) is 6.01. The fourth-order valence-corrected chi connectivity index (χ4v) is 1.96. The number of nitrogens with zero attached hydrogens (tertiary/aromatic N) is 1. The Morgan fingerprint density at radius 1 is 1.28 bits per heavy atom. The molecule has 2 unspecified atom stereocenters. The molecule has 1 aliphatic rings. The standard InChI is InChI=1S/C12H22N2O4/c1-12(2,3)18-11(16)14-6-8(10(15)17-5)9(7-14)13-4/h8-9,13H,6-7H2,1-5H3. The molecule has 1 heterocycles. The summed E-state index contributed by atoms with van der Waals surface area (Å²) in [5, 5.41) is 3.03. The van der Waals surface area contributed by atoms with Crippen LogP contribution in [0.15, 0.2) is 0 Å². The third-order valence-corrected chi connectivity index (χ3v) is 2.85. The van der Waals surface area contributed by atoms with Crippen molar-refractivity contribution in [1.29, 1.82) is 0 Å². The lowest BCUT2D eigenvalue weighted by molar-refractivity contribution is -0.145. The number of carbonyl (C=O) groups excluding carboxylic acids is 2. The number of nitrogens with one attached hydrogen (secondary N) is 1. The molecule has 0 bridgehead atoms. The highest BCUT2D eigenvalue weighted by atomic mass is 16.6. The van der Waals surface area contributed by atoms with Crippen molar-refractivity contribution >= 4 is 12.1 Å². The molecule has 1 N–H and O–H groups in total. The highest BCUT2D eigenvalue weighted by Gasteiger charge is 2.40. The van der Waals surface area contributed by atoms with Gasteiger partial charge in [-0.15, -0.1) is 0 Å². The van der Waals surface area contributed by atoms with Crippen molar-refractivity contribution in [1.82, 2.24) is 10.2 Å². The van der Waals surface area contributed by atoms with Crippen molar-refractivity contribution in [2.24, 2.45) is 5.92 Å². The van der Waals surface area contributed by atoms with E-state index in [1.165, 1.54) is 12.0 Å². The lowest BCUT2D eigenvalue weighted by atomic mass is 10.0. The molecule has 0 saturated carbocycles. The zero-order valence-corrected chi connectivity index (χ0v) is 11.6. The van der Waals surface area contributed by atoms with Gasteiger partial charge in [0, 0.05) is 19.1 Å². The first kappa shape index (κ1) is 14.8. The Kier molecular flexibility index (Phi) is 4.56. The number of esters is 1. The summed E-state index contributed by atoms with van der Waals surface area (Å²) in [5.74, 6) is -0.645. The average Bonchev–Trinajstić information content (AvgIpc) is 2.69. The van der Waals surface area contributed by atoms with Crippen molar-refractivity contribution < 1.29 is 19.1 Å². The summed E-state index contributed by atoms with van der Waals surface area (Å²) < 4.78 is 10.0. The highest BCUT2D eigenvalue weighted by molar-refractivity contribution is 5.76. The van der Waals surface area contributed by atoms with Crippen LogP contribution < -0.4 is 5.32 Å². The highest BCUT2D eigenvalue weighted by Crippen LogP contribution is 2.20. The first-order valence-corrected chi connectivity index (χ1v) is 6.01. The maximum atomic E-state index is 11.9. The van der Waals surface area contributed by atoms with Gasteiger partial charge in [0.2, 0.25) is 0 Å².